The van der Waals surface area contributed by atoms with E-state index in [0.29, 0.717) is 5.82 Å². The first-order valence-corrected chi connectivity index (χ1v) is 5.05. The van der Waals surface area contributed by atoms with Crippen LogP contribution in [0.3, 0.4) is 0 Å². The summed E-state index contributed by atoms with van der Waals surface area (Å²) in [5, 5.41) is 12.8. The zero-order valence-corrected chi connectivity index (χ0v) is 8.74. The molecule has 1 N–H and O–H groups in total. The van der Waals surface area contributed by atoms with Crippen molar-refractivity contribution in [3.8, 4) is 5.82 Å². The van der Waals surface area contributed by atoms with E-state index in [0.717, 1.165) is 17.7 Å². The van der Waals surface area contributed by atoms with Crippen LogP contribution in [0.25, 0.3) is 11.9 Å². The molecule has 2 heterocycles. The molecule has 2 aromatic rings. The molecule has 6 nitrogen and oxygen atoms in total. The monoisotopic (exact) mass is 228 g/mol. The molecular weight excluding hydrogens is 220 g/mol. The number of fused-ring (bicyclic) bond motifs is 1. The smallest absolute Gasteiger partial charge is 0.356 e. The van der Waals surface area contributed by atoms with Crippen molar-refractivity contribution in [1.82, 2.24) is 19.7 Å². The zero-order chi connectivity index (χ0) is 11.8. The van der Waals surface area contributed by atoms with E-state index in [9.17, 15) is 4.79 Å². The Morgan fingerprint density at radius 1 is 1.41 bits per heavy atom. The summed E-state index contributed by atoms with van der Waals surface area (Å²) in [7, 11) is 0. The van der Waals surface area contributed by atoms with Gasteiger partial charge in [0.25, 0.3) is 0 Å². The Balaban J connectivity index is 2.12. The standard InChI is InChI=1S/C11H8N4O2/c16-11(17)9-4-5-15(14-9)10-7-2-1-3-8(7)12-6-13-10/h1-2,4-6H,3H2,(H,16,17). The van der Waals surface area contributed by atoms with Gasteiger partial charge in [0.15, 0.2) is 11.5 Å². The third kappa shape index (κ3) is 1.50. The van der Waals surface area contributed by atoms with Gasteiger partial charge in [-0.1, -0.05) is 12.2 Å². The van der Waals surface area contributed by atoms with Gasteiger partial charge in [0, 0.05) is 18.2 Å². The lowest BCUT2D eigenvalue weighted by molar-refractivity contribution is 0.0690. The highest BCUT2D eigenvalue weighted by Crippen LogP contribution is 2.21. The van der Waals surface area contributed by atoms with Crippen LogP contribution in [0.2, 0.25) is 0 Å². The molecule has 6 heteroatoms. The van der Waals surface area contributed by atoms with E-state index in [1.54, 1.807) is 6.20 Å². The van der Waals surface area contributed by atoms with E-state index in [1.165, 1.54) is 17.1 Å². The van der Waals surface area contributed by atoms with Gasteiger partial charge in [0.1, 0.15) is 6.33 Å². The van der Waals surface area contributed by atoms with Gasteiger partial charge >= 0.3 is 5.97 Å². The van der Waals surface area contributed by atoms with Crippen molar-refractivity contribution in [2.24, 2.45) is 0 Å². The van der Waals surface area contributed by atoms with E-state index in [-0.39, 0.29) is 5.69 Å². The summed E-state index contributed by atoms with van der Waals surface area (Å²) in [6.07, 6.45) is 7.73. The molecule has 0 aromatic carbocycles. The minimum Gasteiger partial charge on any atom is -0.476 e. The lowest BCUT2D eigenvalue weighted by Crippen LogP contribution is -2.05. The Morgan fingerprint density at radius 2 is 2.29 bits per heavy atom. The fourth-order valence-corrected chi connectivity index (χ4v) is 1.78. The predicted octanol–water partition coefficient (Wildman–Crippen LogP) is 0.930. The van der Waals surface area contributed by atoms with Gasteiger partial charge in [-0.3, -0.25) is 0 Å². The van der Waals surface area contributed by atoms with Gasteiger partial charge in [0.2, 0.25) is 0 Å². The summed E-state index contributed by atoms with van der Waals surface area (Å²) >= 11 is 0. The molecule has 84 valence electrons. The van der Waals surface area contributed by atoms with E-state index < -0.39 is 5.97 Å². The van der Waals surface area contributed by atoms with Crippen LogP contribution in [0.1, 0.15) is 21.7 Å². The van der Waals surface area contributed by atoms with Crippen LogP contribution < -0.4 is 0 Å². The van der Waals surface area contributed by atoms with Gasteiger partial charge in [-0.05, 0) is 6.07 Å². The molecule has 0 atom stereocenters. The first-order valence-electron chi connectivity index (χ1n) is 5.05. The van der Waals surface area contributed by atoms with Crippen molar-refractivity contribution in [3.63, 3.8) is 0 Å². The summed E-state index contributed by atoms with van der Waals surface area (Å²) in [4.78, 5) is 19.1. The average Bonchev–Trinajstić information content (AvgIpc) is 2.97. The van der Waals surface area contributed by atoms with Crippen LogP contribution in [0.5, 0.6) is 0 Å². The van der Waals surface area contributed by atoms with E-state index in [2.05, 4.69) is 15.1 Å². The van der Waals surface area contributed by atoms with Crippen molar-refractivity contribution >= 4 is 12.0 Å². The Bertz CT molecular complexity index is 630. The number of nitrogens with zero attached hydrogens (tertiary/aromatic N) is 4. The van der Waals surface area contributed by atoms with Crippen molar-refractivity contribution in [2.45, 2.75) is 6.42 Å². The number of carbonyl (C=O) groups is 1. The molecule has 2 aromatic heterocycles. The first-order chi connectivity index (χ1) is 8.25. The highest BCUT2D eigenvalue weighted by Gasteiger charge is 2.15. The summed E-state index contributed by atoms with van der Waals surface area (Å²) in [6, 6.07) is 1.44. The lowest BCUT2D eigenvalue weighted by Gasteiger charge is -2.04. The molecule has 0 saturated carbocycles. The number of carboxylic acids is 1. The van der Waals surface area contributed by atoms with Gasteiger partial charge in [-0.2, -0.15) is 5.10 Å². The molecule has 1 aliphatic carbocycles. The number of aromatic nitrogens is 4. The molecule has 3 rings (SSSR count). The molecule has 0 radical (unpaired) electrons. The Morgan fingerprint density at radius 3 is 3.06 bits per heavy atom. The zero-order valence-electron chi connectivity index (χ0n) is 8.74. The van der Waals surface area contributed by atoms with Crippen molar-refractivity contribution in [1.29, 1.82) is 0 Å². The van der Waals surface area contributed by atoms with Crippen LogP contribution >= 0.6 is 0 Å². The average molecular weight is 228 g/mol. The maximum atomic E-state index is 10.8. The third-order valence-corrected chi connectivity index (χ3v) is 2.57. The quantitative estimate of drug-likeness (QED) is 0.826. The molecule has 1 aliphatic rings. The number of allylic oxidation sites excluding steroid dienone is 1. The fraction of sp³-hybridized carbons (Fsp3) is 0.0909. The second-order valence-electron chi connectivity index (χ2n) is 3.61. The number of carboxylic acid groups (broad SMARTS) is 1. The van der Waals surface area contributed by atoms with Crippen molar-refractivity contribution in [3.05, 3.63) is 41.6 Å². The molecule has 0 aliphatic heterocycles. The second kappa shape index (κ2) is 3.51. The largest absolute Gasteiger partial charge is 0.476 e. The highest BCUT2D eigenvalue weighted by molar-refractivity contribution is 5.85. The Hall–Kier alpha value is -2.50. The van der Waals surface area contributed by atoms with Crippen LogP contribution in [0, 0.1) is 0 Å². The molecule has 0 spiro atoms. The minimum absolute atomic E-state index is 0.000612. The molecule has 0 saturated heterocycles. The van der Waals surface area contributed by atoms with Crippen molar-refractivity contribution in [2.75, 3.05) is 0 Å². The van der Waals surface area contributed by atoms with Gasteiger partial charge in [-0.25, -0.2) is 19.4 Å². The maximum absolute atomic E-state index is 10.8. The molecule has 17 heavy (non-hydrogen) atoms. The summed E-state index contributed by atoms with van der Waals surface area (Å²) in [5.74, 6) is -0.443. The number of hydrogen-bond acceptors (Lipinski definition) is 4. The van der Waals surface area contributed by atoms with Crippen LogP contribution in [-0.2, 0) is 6.42 Å². The number of rotatable bonds is 2. The van der Waals surface area contributed by atoms with Crippen LogP contribution in [0.4, 0.5) is 0 Å². The minimum atomic E-state index is -1.05. The normalized spacial score (nSPS) is 12.7. The molecule has 0 bridgehead atoms. The van der Waals surface area contributed by atoms with Crippen LogP contribution in [-0.4, -0.2) is 30.8 Å². The molecule has 0 fully saturated rings. The summed E-state index contributed by atoms with van der Waals surface area (Å²) < 4.78 is 1.46. The van der Waals surface area contributed by atoms with E-state index >= 15 is 0 Å². The summed E-state index contributed by atoms with van der Waals surface area (Å²) in [6.45, 7) is 0. The second-order valence-corrected chi connectivity index (χ2v) is 3.61. The maximum Gasteiger partial charge on any atom is 0.356 e. The predicted molar refractivity (Wildman–Crippen MR) is 58.9 cm³/mol. The molecule has 0 unspecified atom stereocenters. The fourth-order valence-electron chi connectivity index (χ4n) is 1.78. The van der Waals surface area contributed by atoms with E-state index in [4.69, 9.17) is 5.11 Å². The SMILES string of the molecule is O=C(O)c1ccn(-c2ncnc3c2C=CC3)n1. The van der Waals surface area contributed by atoms with E-state index in [1.807, 2.05) is 12.2 Å². The Labute approximate surface area is 96.3 Å². The Kier molecular flexibility index (Phi) is 2.01. The number of hydrogen-bond donors (Lipinski definition) is 1. The van der Waals surface area contributed by atoms with Crippen molar-refractivity contribution < 1.29 is 9.90 Å². The molecule has 0 amide bonds. The topological polar surface area (TPSA) is 80.9 Å². The van der Waals surface area contributed by atoms with Crippen LogP contribution in [0.15, 0.2) is 24.7 Å². The third-order valence-electron chi connectivity index (χ3n) is 2.57. The molecular formula is C11H8N4O2. The first kappa shape index (κ1) is 9.71. The lowest BCUT2D eigenvalue weighted by atomic mass is 10.2. The van der Waals surface area contributed by atoms with Gasteiger partial charge in [0.05, 0.1) is 5.69 Å². The highest BCUT2D eigenvalue weighted by atomic mass is 16.4. The summed E-state index contributed by atoms with van der Waals surface area (Å²) in [5.41, 5.74) is 1.83. The van der Waals surface area contributed by atoms with Gasteiger partial charge in [-0.15, -0.1) is 0 Å². The number of aromatic carboxylic acids is 1. The van der Waals surface area contributed by atoms with Gasteiger partial charge < -0.3 is 5.11 Å².